The van der Waals surface area contributed by atoms with E-state index >= 15 is 0 Å². The smallest absolute Gasteiger partial charge is 0.335 e. The van der Waals surface area contributed by atoms with Crippen LogP contribution in [0.2, 0.25) is 0 Å². The van der Waals surface area contributed by atoms with E-state index in [1.54, 1.807) is 18.2 Å². The highest BCUT2D eigenvalue weighted by Gasteiger charge is 2.16. The van der Waals surface area contributed by atoms with Crippen LogP contribution in [0.15, 0.2) is 96.9 Å². The molecule has 0 saturated heterocycles. The number of aryl methyl sites for hydroxylation is 3. The maximum absolute atomic E-state index is 11.6. The Balaban J connectivity index is 1.35. The van der Waals surface area contributed by atoms with E-state index in [4.69, 9.17) is 14.5 Å². The number of hydrogen-bond donors (Lipinski definition) is 1. The van der Waals surface area contributed by atoms with Crippen LogP contribution in [0.4, 0.5) is 0 Å². The molecule has 1 aliphatic rings. The van der Waals surface area contributed by atoms with Crippen molar-refractivity contribution in [1.82, 2.24) is 19.3 Å². The van der Waals surface area contributed by atoms with E-state index in [2.05, 4.69) is 60.6 Å². The summed E-state index contributed by atoms with van der Waals surface area (Å²) in [6.45, 7) is 5.21. The fraction of sp³-hybridized carbons (Fsp3) is 0.275. The van der Waals surface area contributed by atoms with E-state index in [0.717, 1.165) is 87.6 Å². The van der Waals surface area contributed by atoms with Crippen LogP contribution in [-0.4, -0.2) is 37.0 Å². The van der Waals surface area contributed by atoms with E-state index < -0.39 is 5.97 Å². The van der Waals surface area contributed by atoms with Crippen molar-refractivity contribution in [1.29, 1.82) is 0 Å². The van der Waals surface area contributed by atoms with E-state index in [0.29, 0.717) is 19.6 Å². The van der Waals surface area contributed by atoms with Gasteiger partial charge < -0.3 is 19.1 Å². The third-order valence-corrected chi connectivity index (χ3v) is 8.86. The molecule has 0 aliphatic carbocycles. The summed E-state index contributed by atoms with van der Waals surface area (Å²) < 4.78 is 16.7. The number of rotatable bonds is 6. The van der Waals surface area contributed by atoms with Gasteiger partial charge in [-0.15, -0.1) is 0 Å². The lowest BCUT2D eigenvalue weighted by Gasteiger charge is -2.16. The van der Waals surface area contributed by atoms with Gasteiger partial charge in [0, 0.05) is 37.8 Å². The molecule has 3 aromatic carbocycles. The van der Waals surface area contributed by atoms with Crippen molar-refractivity contribution in [3.05, 3.63) is 131 Å². The molecule has 0 saturated carbocycles. The van der Waals surface area contributed by atoms with Crippen LogP contribution in [0.3, 0.4) is 0 Å². The molecule has 3 heterocycles. The van der Waals surface area contributed by atoms with Gasteiger partial charge in [-0.1, -0.05) is 55.8 Å². The summed E-state index contributed by atoms with van der Waals surface area (Å²) in [4.78, 5) is 16.5. The third kappa shape index (κ3) is 7.28. The Morgan fingerprint density at radius 2 is 1.85 bits per heavy atom. The number of aromatic nitrogens is 4. The van der Waals surface area contributed by atoms with Gasteiger partial charge in [0.1, 0.15) is 18.2 Å². The molecule has 0 spiro atoms. The number of hydrogen-bond acceptors (Lipinski definition) is 5. The number of nitrogens with zero attached hydrogens (tertiary/aromatic N) is 4. The second kappa shape index (κ2) is 14.6. The molecule has 0 amide bonds. The Bertz CT molecular complexity index is 2050. The first-order valence-corrected chi connectivity index (χ1v) is 16.5. The number of ether oxygens (including phenoxy) is 2. The van der Waals surface area contributed by atoms with Gasteiger partial charge in [0.25, 0.3) is 0 Å². The molecule has 0 radical (unpaired) electrons. The van der Waals surface area contributed by atoms with Crippen molar-refractivity contribution >= 4 is 22.6 Å². The van der Waals surface area contributed by atoms with E-state index in [-0.39, 0.29) is 5.56 Å². The summed E-state index contributed by atoms with van der Waals surface area (Å²) in [5.74, 6) is 1.57. The topological polar surface area (TPSA) is 91.4 Å². The van der Waals surface area contributed by atoms with Crippen LogP contribution in [0.5, 0.6) is 5.75 Å². The molecule has 6 rings (SSSR count). The van der Waals surface area contributed by atoms with Crippen molar-refractivity contribution in [2.24, 2.45) is 14.1 Å². The Hall–Kier alpha value is -5.37. The maximum atomic E-state index is 11.6. The average molecular weight is 643 g/mol. The van der Waals surface area contributed by atoms with Crippen LogP contribution >= 0.6 is 0 Å². The van der Waals surface area contributed by atoms with Crippen LogP contribution in [0.1, 0.15) is 71.5 Å². The SMILES string of the molecule is CCC\C=C1/C=C\C=C(/C)OCc2ccc(-c3ccnn3C)cc2CCCOc2cc1ccc2Cc1nc2ccc(C(=O)O)cc2n1C. The number of aromatic carboxylic acids is 1. The molecule has 8 heteroatoms. The quantitative estimate of drug-likeness (QED) is 0.200. The summed E-state index contributed by atoms with van der Waals surface area (Å²) in [6, 6.07) is 20.0. The molecule has 48 heavy (non-hydrogen) atoms. The number of benzene rings is 3. The summed E-state index contributed by atoms with van der Waals surface area (Å²) in [6.07, 6.45) is 14.5. The molecule has 0 unspecified atom stereocenters. The number of carbonyl (C=O) groups is 1. The number of fused-ring (bicyclic) bond motifs is 4. The van der Waals surface area contributed by atoms with Crippen molar-refractivity contribution in [2.45, 2.75) is 52.6 Å². The molecule has 0 fully saturated rings. The third-order valence-electron chi connectivity index (χ3n) is 8.86. The molecule has 2 aromatic heterocycles. The minimum atomic E-state index is -0.952. The van der Waals surface area contributed by atoms with Gasteiger partial charge in [0.15, 0.2) is 0 Å². The monoisotopic (exact) mass is 642 g/mol. The number of unbranched alkanes of at least 4 members (excludes halogenated alkanes) is 1. The highest BCUT2D eigenvalue weighted by Crippen LogP contribution is 2.30. The summed E-state index contributed by atoms with van der Waals surface area (Å²) in [5.41, 5.74) is 9.61. The Morgan fingerprint density at radius 1 is 1.00 bits per heavy atom. The minimum absolute atomic E-state index is 0.246. The first-order chi connectivity index (χ1) is 23.3. The zero-order chi connectivity index (χ0) is 33.6. The van der Waals surface area contributed by atoms with Gasteiger partial charge in [-0.25, -0.2) is 9.78 Å². The lowest BCUT2D eigenvalue weighted by molar-refractivity contribution is 0.0697. The fourth-order valence-corrected chi connectivity index (χ4v) is 6.09. The number of carboxylic acid groups (broad SMARTS) is 1. The van der Waals surface area contributed by atoms with E-state index in [9.17, 15) is 9.90 Å². The first-order valence-electron chi connectivity index (χ1n) is 16.5. The van der Waals surface area contributed by atoms with Gasteiger partial charge in [0.05, 0.1) is 34.7 Å². The predicted octanol–water partition coefficient (Wildman–Crippen LogP) is 8.45. The Kier molecular flexibility index (Phi) is 9.90. The molecule has 8 nitrogen and oxygen atoms in total. The molecule has 246 valence electrons. The van der Waals surface area contributed by atoms with Crippen LogP contribution in [-0.2, 0) is 38.3 Å². The predicted molar refractivity (Wildman–Crippen MR) is 190 cm³/mol. The Labute approximate surface area is 281 Å². The summed E-state index contributed by atoms with van der Waals surface area (Å²) in [7, 11) is 3.89. The highest BCUT2D eigenvalue weighted by atomic mass is 16.5. The highest BCUT2D eigenvalue weighted by molar-refractivity contribution is 5.92. The maximum Gasteiger partial charge on any atom is 0.335 e. The second-order valence-corrected chi connectivity index (χ2v) is 12.2. The zero-order valence-electron chi connectivity index (χ0n) is 28.1. The van der Waals surface area contributed by atoms with E-state index in [1.807, 2.05) is 54.7 Å². The number of carboxylic acids is 1. The van der Waals surface area contributed by atoms with E-state index in [1.165, 1.54) is 5.56 Å². The number of allylic oxidation sites excluding steroid dienone is 6. The molecule has 5 aromatic rings. The van der Waals surface area contributed by atoms with Crippen molar-refractivity contribution < 1.29 is 19.4 Å². The largest absolute Gasteiger partial charge is 0.494 e. The lowest BCUT2D eigenvalue weighted by atomic mass is 9.98. The summed E-state index contributed by atoms with van der Waals surface area (Å²) >= 11 is 0. The normalized spacial score (nSPS) is 16.5. The first kappa shape index (κ1) is 32.6. The van der Waals surface area contributed by atoms with Gasteiger partial charge in [0.2, 0.25) is 0 Å². The number of imidazole rings is 1. The van der Waals surface area contributed by atoms with Crippen LogP contribution in [0.25, 0.3) is 27.9 Å². The van der Waals surface area contributed by atoms with Gasteiger partial charge in [-0.05, 0) is 90.9 Å². The molecular formula is C40H42N4O4. The molecule has 1 N–H and O–H groups in total. The molecule has 0 atom stereocenters. The van der Waals surface area contributed by atoms with Gasteiger partial charge >= 0.3 is 5.97 Å². The lowest BCUT2D eigenvalue weighted by Crippen LogP contribution is -2.06. The van der Waals surface area contributed by atoms with Crippen molar-refractivity contribution in [3.8, 4) is 17.0 Å². The van der Waals surface area contributed by atoms with Gasteiger partial charge in [-0.3, -0.25) is 4.68 Å². The van der Waals surface area contributed by atoms with Crippen LogP contribution in [0, 0.1) is 0 Å². The zero-order valence-corrected chi connectivity index (χ0v) is 28.1. The second-order valence-electron chi connectivity index (χ2n) is 12.2. The Morgan fingerprint density at radius 3 is 2.65 bits per heavy atom. The summed E-state index contributed by atoms with van der Waals surface area (Å²) in [5, 5.41) is 13.9. The average Bonchev–Trinajstić information content (AvgIpc) is 3.65. The molecule has 2 bridgehead atoms. The van der Waals surface area contributed by atoms with Gasteiger partial charge in [-0.2, -0.15) is 5.10 Å². The van der Waals surface area contributed by atoms with Crippen molar-refractivity contribution in [3.63, 3.8) is 0 Å². The standard InChI is InChI=1S/C40H42N4O4/c1-5-6-10-28-11-7-9-27(2)48-26-34-16-14-31(36-19-20-41-44(36)4)22-29(34)12-8-21-47-38-24-30(28)13-15-32(38)25-39-42-35-18-17-33(40(45)46)23-37(35)43(39)3/h7,9-11,13-20,22-24H,5-6,8,12,21,25-26H2,1-4H3,(H,45,46)/b11-7-,27-9+,28-10+. The van der Waals surface area contributed by atoms with Crippen LogP contribution < -0.4 is 4.74 Å². The molecular weight excluding hydrogens is 600 g/mol. The van der Waals surface area contributed by atoms with Crippen molar-refractivity contribution in [2.75, 3.05) is 6.61 Å². The minimum Gasteiger partial charge on any atom is -0.494 e. The fourth-order valence-electron chi connectivity index (χ4n) is 6.09. The molecule has 1 aliphatic heterocycles.